The van der Waals surface area contributed by atoms with Crippen LogP contribution in [-0.4, -0.2) is 41.0 Å². The molecule has 5 atom stereocenters. The second-order valence-electron chi connectivity index (χ2n) is 4.21. The van der Waals surface area contributed by atoms with E-state index in [1.165, 1.54) is 0 Å². The van der Waals surface area contributed by atoms with Gasteiger partial charge in [0.05, 0.1) is 12.7 Å². The lowest BCUT2D eigenvalue weighted by atomic mass is 10.00. The fraction of sp³-hybridized carbons (Fsp3) is 1.00. The van der Waals surface area contributed by atoms with Crippen LogP contribution < -0.4 is 0 Å². The standard InChI is InChI=1S/C8H15O6P/c1-4(2)7-6(9)8-5(13-7)3-12-15(10,11)14-8/h4-9H,3H2,1-2H3,(H,10,11)/t5-,6-,7+,8?/m1/s1. The fourth-order valence-electron chi connectivity index (χ4n) is 1.93. The van der Waals surface area contributed by atoms with Crippen LogP contribution in [0.2, 0.25) is 0 Å². The summed E-state index contributed by atoms with van der Waals surface area (Å²) in [5.74, 6) is 0.118. The first-order chi connectivity index (χ1) is 6.91. The van der Waals surface area contributed by atoms with Gasteiger partial charge in [0.2, 0.25) is 0 Å². The van der Waals surface area contributed by atoms with Crippen LogP contribution in [0.1, 0.15) is 13.8 Å². The number of aliphatic hydroxyl groups excluding tert-OH is 1. The van der Waals surface area contributed by atoms with Gasteiger partial charge in [-0.15, -0.1) is 0 Å². The van der Waals surface area contributed by atoms with Gasteiger partial charge in [0, 0.05) is 0 Å². The van der Waals surface area contributed by atoms with Crippen molar-refractivity contribution in [3.8, 4) is 0 Å². The van der Waals surface area contributed by atoms with Crippen LogP contribution in [0.4, 0.5) is 0 Å². The molecule has 2 fully saturated rings. The Labute approximate surface area is 87.8 Å². The van der Waals surface area contributed by atoms with E-state index in [-0.39, 0.29) is 18.6 Å². The van der Waals surface area contributed by atoms with E-state index < -0.39 is 26.1 Å². The molecule has 0 aromatic heterocycles. The molecule has 0 saturated carbocycles. The van der Waals surface area contributed by atoms with Crippen LogP contribution in [0, 0.1) is 5.92 Å². The molecule has 0 amide bonds. The number of fused-ring (bicyclic) bond motifs is 1. The Balaban J connectivity index is 2.12. The Morgan fingerprint density at radius 3 is 2.73 bits per heavy atom. The van der Waals surface area contributed by atoms with Crippen molar-refractivity contribution in [1.29, 1.82) is 0 Å². The first-order valence-corrected chi connectivity index (χ1v) is 6.39. The topological polar surface area (TPSA) is 85.2 Å². The smallest absolute Gasteiger partial charge is 0.388 e. The van der Waals surface area contributed by atoms with Crippen molar-refractivity contribution < 1.29 is 28.3 Å². The maximum Gasteiger partial charge on any atom is 0.472 e. The van der Waals surface area contributed by atoms with Gasteiger partial charge in [-0.3, -0.25) is 9.05 Å². The quantitative estimate of drug-likeness (QED) is 0.638. The third kappa shape index (κ3) is 2.11. The summed E-state index contributed by atoms with van der Waals surface area (Å²) in [5, 5.41) is 9.85. The predicted octanol–water partition coefficient (Wildman–Crippen LogP) is 0.286. The lowest BCUT2D eigenvalue weighted by Crippen LogP contribution is -2.40. The monoisotopic (exact) mass is 238 g/mol. The number of rotatable bonds is 1. The molecule has 2 N–H and O–H groups in total. The zero-order valence-corrected chi connectivity index (χ0v) is 9.46. The van der Waals surface area contributed by atoms with E-state index in [9.17, 15) is 9.67 Å². The van der Waals surface area contributed by atoms with Crippen molar-refractivity contribution in [3.63, 3.8) is 0 Å². The Bertz CT molecular complexity index is 293. The van der Waals surface area contributed by atoms with Gasteiger partial charge in [0.1, 0.15) is 18.3 Å². The second kappa shape index (κ2) is 3.80. The minimum atomic E-state index is -3.99. The molecule has 6 nitrogen and oxygen atoms in total. The fourth-order valence-corrected chi connectivity index (χ4v) is 2.90. The average Bonchev–Trinajstić information content (AvgIpc) is 2.42. The number of phosphoric ester groups is 1. The third-order valence-electron chi connectivity index (χ3n) is 2.69. The van der Waals surface area contributed by atoms with Crippen LogP contribution in [0.3, 0.4) is 0 Å². The molecule has 2 rings (SSSR count). The number of hydrogen-bond donors (Lipinski definition) is 2. The molecule has 2 aliphatic heterocycles. The van der Waals surface area contributed by atoms with Crippen LogP contribution in [0.25, 0.3) is 0 Å². The van der Waals surface area contributed by atoms with Crippen molar-refractivity contribution in [2.45, 2.75) is 38.3 Å². The Morgan fingerprint density at radius 2 is 2.13 bits per heavy atom. The van der Waals surface area contributed by atoms with Gasteiger partial charge in [-0.2, -0.15) is 0 Å². The summed E-state index contributed by atoms with van der Waals surface area (Å²) >= 11 is 0. The van der Waals surface area contributed by atoms with E-state index >= 15 is 0 Å². The summed E-state index contributed by atoms with van der Waals surface area (Å²) < 4.78 is 26.1. The molecule has 0 bridgehead atoms. The molecule has 88 valence electrons. The van der Waals surface area contributed by atoms with Gasteiger partial charge in [-0.25, -0.2) is 4.57 Å². The second-order valence-corrected chi connectivity index (χ2v) is 5.61. The molecule has 0 spiro atoms. The normalized spacial score (nSPS) is 50.7. The van der Waals surface area contributed by atoms with Crippen molar-refractivity contribution in [2.24, 2.45) is 5.92 Å². The summed E-state index contributed by atoms with van der Waals surface area (Å²) in [6.07, 6.45) is -2.47. The van der Waals surface area contributed by atoms with Crippen LogP contribution in [-0.2, 0) is 18.3 Å². The summed E-state index contributed by atoms with van der Waals surface area (Å²) in [4.78, 5) is 9.11. The van der Waals surface area contributed by atoms with Crippen LogP contribution >= 0.6 is 7.82 Å². The van der Waals surface area contributed by atoms with Crippen molar-refractivity contribution in [2.75, 3.05) is 6.61 Å². The molecule has 7 heteroatoms. The highest BCUT2D eigenvalue weighted by molar-refractivity contribution is 7.47. The molecule has 2 heterocycles. The largest absolute Gasteiger partial charge is 0.472 e. The van der Waals surface area contributed by atoms with E-state index in [4.69, 9.17) is 14.2 Å². The number of phosphoric acid groups is 1. The Hall–Kier alpha value is 0.0300. The van der Waals surface area contributed by atoms with Gasteiger partial charge < -0.3 is 14.7 Å². The van der Waals surface area contributed by atoms with Crippen LogP contribution in [0.15, 0.2) is 0 Å². The summed E-state index contributed by atoms with van der Waals surface area (Å²) in [6.45, 7) is 3.80. The highest BCUT2D eigenvalue weighted by atomic mass is 31.2. The third-order valence-corrected chi connectivity index (χ3v) is 3.67. The average molecular weight is 238 g/mol. The minimum Gasteiger partial charge on any atom is -0.388 e. The zero-order chi connectivity index (χ0) is 11.2. The molecule has 2 aliphatic rings. The van der Waals surface area contributed by atoms with Gasteiger partial charge in [0.25, 0.3) is 0 Å². The van der Waals surface area contributed by atoms with Gasteiger partial charge in [-0.05, 0) is 5.92 Å². The lowest BCUT2D eigenvalue weighted by Gasteiger charge is -2.28. The minimum absolute atomic E-state index is 0.0152. The van der Waals surface area contributed by atoms with Gasteiger partial charge >= 0.3 is 7.82 Å². The van der Waals surface area contributed by atoms with Crippen molar-refractivity contribution in [1.82, 2.24) is 0 Å². The Morgan fingerprint density at radius 1 is 1.47 bits per heavy atom. The highest BCUT2D eigenvalue weighted by Gasteiger charge is 2.52. The molecule has 0 aromatic rings. The molecule has 0 radical (unpaired) electrons. The first kappa shape index (κ1) is 11.5. The molecular weight excluding hydrogens is 223 g/mol. The summed E-state index contributed by atoms with van der Waals surface area (Å²) in [6, 6.07) is 0. The summed E-state index contributed by atoms with van der Waals surface area (Å²) in [7, 11) is -3.99. The van der Waals surface area contributed by atoms with Crippen molar-refractivity contribution >= 4 is 7.82 Å². The molecule has 2 unspecified atom stereocenters. The van der Waals surface area contributed by atoms with Gasteiger partial charge in [-0.1, -0.05) is 13.8 Å². The predicted molar refractivity (Wildman–Crippen MR) is 50.2 cm³/mol. The molecule has 0 aliphatic carbocycles. The Kier molecular flexibility index (Phi) is 2.92. The van der Waals surface area contributed by atoms with E-state index in [0.717, 1.165) is 0 Å². The van der Waals surface area contributed by atoms with E-state index in [2.05, 4.69) is 4.52 Å². The molecule has 2 saturated heterocycles. The molecule has 0 aromatic carbocycles. The molecular formula is C8H15O6P. The van der Waals surface area contributed by atoms with E-state index in [1.54, 1.807) is 0 Å². The maximum atomic E-state index is 11.1. The summed E-state index contributed by atoms with van der Waals surface area (Å²) in [5.41, 5.74) is 0. The highest BCUT2D eigenvalue weighted by Crippen LogP contribution is 2.51. The maximum absolute atomic E-state index is 11.1. The first-order valence-electron chi connectivity index (χ1n) is 4.90. The van der Waals surface area contributed by atoms with E-state index in [1.807, 2.05) is 13.8 Å². The number of aliphatic hydroxyl groups is 1. The lowest BCUT2D eigenvalue weighted by molar-refractivity contribution is -0.0595. The van der Waals surface area contributed by atoms with Crippen LogP contribution in [0.5, 0.6) is 0 Å². The van der Waals surface area contributed by atoms with E-state index in [0.29, 0.717) is 0 Å². The zero-order valence-electron chi connectivity index (χ0n) is 8.57. The number of hydrogen-bond acceptors (Lipinski definition) is 5. The number of ether oxygens (including phenoxy) is 1. The van der Waals surface area contributed by atoms with Crippen molar-refractivity contribution in [3.05, 3.63) is 0 Å². The SMILES string of the molecule is CC(C)[C@@H]1O[C@@H]2COP(=O)(O)OC2[C@@H]1O. The molecule has 15 heavy (non-hydrogen) atoms. The van der Waals surface area contributed by atoms with Gasteiger partial charge in [0.15, 0.2) is 0 Å².